The number of rotatable bonds is 6. The Morgan fingerprint density at radius 1 is 0.923 bits per heavy atom. The summed E-state index contributed by atoms with van der Waals surface area (Å²) in [6.07, 6.45) is 1.58. The second-order valence-electron chi connectivity index (χ2n) is 5.98. The molecule has 0 radical (unpaired) electrons. The summed E-state index contributed by atoms with van der Waals surface area (Å²) in [6.45, 7) is 3.93. The van der Waals surface area contributed by atoms with Crippen molar-refractivity contribution in [1.82, 2.24) is 5.32 Å². The summed E-state index contributed by atoms with van der Waals surface area (Å²) >= 11 is 5.19. The first kappa shape index (κ1) is 19.6. The van der Waals surface area contributed by atoms with Crippen LogP contribution in [0.2, 0.25) is 0 Å². The van der Waals surface area contributed by atoms with Crippen LogP contribution in [-0.4, -0.2) is 16.9 Å². The average Bonchev–Trinajstić information content (AvgIpc) is 2.59. The van der Waals surface area contributed by atoms with E-state index in [1.54, 1.807) is 24.3 Å². The Bertz CT molecular complexity index is 788. The third kappa shape index (κ3) is 6.29. The standard InChI is InChI=1S/C20H23N3O2S/c1-3-6-18(24)21-16-9-11-17(12-10-16)22-20(26)23-19(25)13-15-8-5-4-7-14(15)2/h4-5,7-12H,3,6,13H2,1-2H3,(H,21,24)(H2,22,23,25,26). The lowest BCUT2D eigenvalue weighted by Crippen LogP contribution is -2.35. The van der Waals surface area contributed by atoms with Crippen LogP contribution in [0.1, 0.15) is 30.9 Å². The maximum Gasteiger partial charge on any atom is 0.230 e. The molecule has 0 unspecified atom stereocenters. The van der Waals surface area contributed by atoms with Crippen LogP contribution in [0.5, 0.6) is 0 Å². The average molecular weight is 369 g/mol. The Morgan fingerprint density at radius 2 is 1.54 bits per heavy atom. The van der Waals surface area contributed by atoms with E-state index in [2.05, 4.69) is 16.0 Å². The van der Waals surface area contributed by atoms with Gasteiger partial charge in [0, 0.05) is 17.8 Å². The molecule has 0 atom stereocenters. The van der Waals surface area contributed by atoms with Crippen LogP contribution in [0.3, 0.4) is 0 Å². The Hall–Kier alpha value is -2.73. The van der Waals surface area contributed by atoms with Crippen molar-refractivity contribution in [1.29, 1.82) is 0 Å². The number of hydrogen-bond acceptors (Lipinski definition) is 3. The van der Waals surface area contributed by atoms with Crippen molar-refractivity contribution in [2.24, 2.45) is 0 Å². The van der Waals surface area contributed by atoms with E-state index in [4.69, 9.17) is 12.2 Å². The Kier molecular flexibility index (Phi) is 7.29. The number of thiocarbonyl (C=S) groups is 1. The van der Waals surface area contributed by atoms with Gasteiger partial charge in [-0.1, -0.05) is 31.2 Å². The molecule has 2 aromatic carbocycles. The monoisotopic (exact) mass is 369 g/mol. The minimum Gasteiger partial charge on any atom is -0.332 e. The Balaban J connectivity index is 1.84. The summed E-state index contributed by atoms with van der Waals surface area (Å²) < 4.78 is 0. The minimum atomic E-state index is -0.166. The molecular weight excluding hydrogens is 346 g/mol. The fourth-order valence-corrected chi connectivity index (χ4v) is 2.63. The molecule has 0 saturated carbocycles. The molecule has 0 saturated heterocycles. The topological polar surface area (TPSA) is 70.2 Å². The van der Waals surface area contributed by atoms with Gasteiger partial charge in [-0.15, -0.1) is 0 Å². The van der Waals surface area contributed by atoms with Gasteiger partial charge < -0.3 is 16.0 Å². The van der Waals surface area contributed by atoms with E-state index in [9.17, 15) is 9.59 Å². The highest BCUT2D eigenvalue weighted by molar-refractivity contribution is 7.80. The molecule has 0 aliphatic carbocycles. The van der Waals surface area contributed by atoms with E-state index in [0.717, 1.165) is 28.9 Å². The van der Waals surface area contributed by atoms with Crippen LogP contribution in [0, 0.1) is 6.92 Å². The maximum atomic E-state index is 12.1. The van der Waals surface area contributed by atoms with Gasteiger partial charge in [-0.3, -0.25) is 9.59 Å². The van der Waals surface area contributed by atoms with Gasteiger partial charge in [0.25, 0.3) is 0 Å². The number of hydrogen-bond donors (Lipinski definition) is 3. The highest BCUT2D eigenvalue weighted by Gasteiger charge is 2.08. The SMILES string of the molecule is CCCC(=O)Nc1ccc(NC(=S)NC(=O)Cc2ccccc2C)cc1. The second-order valence-corrected chi connectivity index (χ2v) is 6.39. The van der Waals surface area contributed by atoms with E-state index in [1.165, 1.54) is 0 Å². The van der Waals surface area contributed by atoms with Crippen molar-refractivity contribution in [2.75, 3.05) is 10.6 Å². The van der Waals surface area contributed by atoms with Crippen molar-refractivity contribution in [3.8, 4) is 0 Å². The van der Waals surface area contributed by atoms with Gasteiger partial charge in [-0.2, -0.15) is 0 Å². The summed E-state index contributed by atoms with van der Waals surface area (Å²) in [5.41, 5.74) is 3.50. The lowest BCUT2D eigenvalue weighted by molar-refractivity contribution is -0.119. The number of carbonyl (C=O) groups is 2. The van der Waals surface area contributed by atoms with Gasteiger partial charge in [0.15, 0.2) is 5.11 Å². The molecule has 3 N–H and O–H groups in total. The van der Waals surface area contributed by atoms with E-state index in [1.807, 2.05) is 38.1 Å². The highest BCUT2D eigenvalue weighted by Crippen LogP contribution is 2.14. The third-order valence-corrected chi connectivity index (χ3v) is 3.97. The van der Waals surface area contributed by atoms with Gasteiger partial charge in [-0.25, -0.2) is 0 Å². The normalized spacial score (nSPS) is 10.1. The molecule has 2 aromatic rings. The predicted octanol–water partition coefficient (Wildman–Crippen LogP) is 3.79. The van der Waals surface area contributed by atoms with Crippen LogP contribution in [0.25, 0.3) is 0 Å². The van der Waals surface area contributed by atoms with E-state index < -0.39 is 0 Å². The van der Waals surface area contributed by atoms with E-state index >= 15 is 0 Å². The minimum absolute atomic E-state index is 0.00722. The lowest BCUT2D eigenvalue weighted by atomic mass is 10.1. The molecular formula is C20H23N3O2S. The number of nitrogens with one attached hydrogen (secondary N) is 3. The second kappa shape index (κ2) is 9.68. The summed E-state index contributed by atoms with van der Waals surface area (Å²) in [5, 5.41) is 8.71. The maximum absolute atomic E-state index is 12.1. The Labute approximate surface area is 159 Å². The third-order valence-electron chi connectivity index (χ3n) is 3.77. The van der Waals surface area contributed by atoms with Gasteiger partial charge in [0.1, 0.15) is 0 Å². The van der Waals surface area contributed by atoms with E-state index in [0.29, 0.717) is 6.42 Å². The molecule has 26 heavy (non-hydrogen) atoms. The summed E-state index contributed by atoms with van der Waals surface area (Å²) in [6, 6.07) is 14.9. The van der Waals surface area contributed by atoms with Crippen LogP contribution in [0.4, 0.5) is 11.4 Å². The number of carbonyl (C=O) groups excluding carboxylic acids is 2. The van der Waals surface area contributed by atoms with Gasteiger partial charge in [-0.05, 0) is 61.0 Å². The molecule has 0 aliphatic heterocycles. The largest absolute Gasteiger partial charge is 0.332 e. The lowest BCUT2D eigenvalue weighted by Gasteiger charge is -2.11. The molecule has 0 heterocycles. The molecule has 0 bridgehead atoms. The van der Waals surface area contributed by atoms with E-state index in [-0.39, 0.29) is 23.3 Å². The molecule has 5 nitrogen and oxygen atoms in total. The fourth-order valence-electron chi connectivity index (χ4n) is 2.40. The van der Waals surface area contributed by atoms with Crippen molar-refractivity contribution in [3.05, 3.63) is 59.7 Å². The number of benzene rings is 2. The van der Waals surface area contributed by atoms with Gasteiger partial charge >= 0.3 is 0 Å². The molecule has 2 rings (SSSR count). The van der Waals surface area contributed by atoms with Crippen LogP contribution >= 0.6 is 12.2 Å². The van der Waals surface area contributed by atoms with Crippen molar-refractivity contribution >= 4 is 40.5 Å². The first-order chi connectivity index (χ1) is 12.5. The predicted molar refractivity (Wildman–Crippen MR) is 109 cm³/mol. The summed E-state index contributed by atoms with van der Waals surface area (Å²) in [5.74, 6) is -0.174. The van der Waals surface area contributed by atoms with Crippen molar-refractivity contribution < 1.29 is 9.59 Å². The first-order valence-corrected chi connectivity index (χ1v) is 8.94. The number of aryl methyl sites for hydroxylation is 1. The molecule has 0 aliphatic rings. The first-order valence-electron chi connectivity index (χ1n) is 8.53. The number of amides is 2. The zero-order valence-electron chi connectivity index (χ0n) is 15.0. The zero-order valence-corrected chi connectivity index (χ0v) is 15.8. The van der Waals surface area contributed by atoms with Crippen LogP contribution in [-0.2, 0) is 16.0 Å². The van der Waals surface area contributed by atoms with Crippen LogP contribution < -0.4 is 16.0 Å². The highest BCUT2D eigenvalue weighted by atomic mass is 32.1. The molecule has 0 spiro atoms. The number of anilines is 2. The summed E-state index contributed by atoms with van der Waals surface area (Å²) in [4.78, 5) is 23.7. The van der Waals surface area contributed by atoms with Gasteiger partial charge in [0.2, 0.25) is 11.8 Å². The molecule has 136 valence electrons. The molecule has 2 amide bonds. The molecule has 6 heteroatoms. The molecule has 0 fully saturated rings. The van der Waals surface area contributed by atoms with Gasteiger partial charge in [0.05, 0.1) is 6.42 Å². The van der Waals surface area contributed by atoms with Crippen LogP contribution in [0.15, 0.2) is 48.5 Å². The van der Waals surface area contributed by atoms with Crippen molar-refractivity contribution in [2.45, 2.75) is 33.1 Å². The molecule has 0 aromatic heterocycles. The zero-order chi connectivity index (χ0) is 18.9. The smallest absolute Gasteiger partial charge is 0.230 e. The summed E-state index contributed by atoms with van der Waals surface area (Å²) in [7, 11) is 0. The van der Waals surface area contributed by atoms with Crippen molar-refractivity contribution in [3.63, 3.8) is 0 Å². The quantitative estimate of drug-likeness (QED) is 0.678. The fraction of sp³-hybridized carbons (Fsp3) is 0.250. The Morgan fingerprint density at radius 3 is 2.15 bits per heavy atom.